The van der Waals surface area contributed by atoms with Crippen molar-refractivity contribution in [3.63, 3.8) is 0 Å². The number of benzene rings is 2. The number of amides is 2. The molecule has 5 atom stereocenters. The van der Waals surface area contributed by atoms with Crippen LogP contribution in [-0.2, 0) is 11.2 Å². The van der Waals surface area contributed by atoms with Gasteiger partial charge in [-0.1, -0.05) is 19.4 Å². The van der Waals surface area contributed by atoms with Gasteiger partial charge in [0.1, 0.15) is 11.5 Å². The number of urea groups is 1. The molecular formula is C32H42N2O5. The van der Waals surface area contributed by atoms with Gasteiger partial charge >= 0.3 is 6.03 Å². The molecule has 7 heteroatoms. The number of anilines is 1. The van der Waals surface area contributed by atoms with Crippen LogP contribution >= 0.6 is 0 Å². The number of fused-ring (bicyclic) bond motifs is 5. The Balaban J connectivity index is 1.15. The van der Waals surface area contributed by atoms with Crippen molar-refractivity contribution in [3.8, 4) is 17.2 Å². The average molecular weight is 535 g/mol. The van der Waals surface area contributed by atoms with Gasteiger partial charge in [-0.15, -0.1) is 0 Å². The molecule has 210 valence electrons. The second-order valence-corrected chi connectivity index (χ2v) is 11.7. The summed E-state index contributed by atoms with van der Waals surface area (Å²) in [6.07, 6.45) is 7.99. The maximum Gasteiger partial charge on any atom is 0.319 e. The van der Waals surface area contributed by atoms with E-state index in [1.165, 1.54) is 11.1 Å². The molecule has 0 aliphatic heterocycles. The minimum absolute atomic E-state index is 0.173. The van der Waals surface area contributed by atoms with Crippen LogP contribution in [0.1, 0.15) is 68.9 Å². The number of ether oxygens (including phenoxy) is 3. The molecule has 3 aliphatic rings. The van der Waals surface area contributed by atoms with Crippen LogP contribution in [0.15, 0.2) is 36.4 Å². The van der Waals surface area contributed by atoms with E-state index in [4.69, 9.17) is 14.2 Å². The van der Waals surface area contributed by atoms with Crippen LogP contribution < -0.4 is 24.8 Å². The number of methoxy groups -OCH3 is 3. The first-order chi connectivity index (χ1) is 18.9. The molecule has 2 saturated carbocycles. The molecule has 0 aromatic heterocycles. The molecule has 7 nitrogen and oxygen atoms in total. The van der Waals surface area contributed by atoms with Crippen LogP contribution in [0.3, 0.4) is 0 Å². The fourth-order valence-corrected chi connectivity index (χ4v) is 7.83. The number of rotatable bonds is 9. The lowest BCUT2D eigenvalue weighted by atomic mass is 9.54. The maximum absolute atomic E-state index is 13.3. The first kappa shape index (κ1) is 27.4. The molecule has 0 radical (unpaired) electrons. The van der Waals surface area contributed by atoms with Crippen molar-refractivity contribution in [1.82, 2.24) is 5.32 Å². The topological polar surface area (TPSA) is 85.9 Å². The number of Topliss-reactive ketones (excluding diaryl/α,β-unsaturated/α-hetero) is 1. The highest BCUT2D eigenvalue weighted by Crippen LogP contribution is 2.62. The van der Waals surface area contributed by atoms with Crippen LogP contribution in [-0.4, -0.2) is 39.7 Å². The van der Waals surface area contributed by atoms with E-state index in [1.54, 1.807) is 39.5 Å². The van der Waals surface area contributed by atoms with Crippen LogP contribution in [0.2, 0.25) is 0 Å². The largest absolute Gasteiger partial charge is 0.497 e. The summed E-state index contributed by atoms with van der Waals surface area (Å²) < 4.78 is 16.0. The van der Waals surface area contributed by atoms with Crippen LogP contribution in [0, 0.1) is 23.2 Å². The van der Waals surface area contributed by atoms with Crippen molar-refractivity contribution in [1.29, 1.82) is 0 Å². The van der Waals surface area contributed by atoms with Crippen molar-refractivity contribution in [2.45, 2.75) is 64.2 Å². The van der Waals surface area contributed by atoms with Gasteiger partial charge < -0.3 is 24.8 Å². The second-order valence-electron chi connectivity index (χ2n) is 11.7. The number of hydrogen-bond acceptors (Lipinski definition) is 5. The summed E-state index contributed by atoms with van der Waals surface area (Å²) in [6, 6.07) is 11.6. The highest BCUT2D eigenvalue weighted by Gasteiger charge is 2.58. The molecule has 0 bridgehead atoms. The van der Waals surface area contributed by atoms with E-state index < -0.39 is 0 Å². The Morgan fingerprint density at radius 1 is 1.00 bits per heavy atom. The maximum atomic E-state index is 13.3. The van der Waals surface area contributed by atoms with Gasteiger partial charge in [-0.25, -0.2) is 4.79 Å². The highest BCUT2D eigenvalue weighted by molar-refractivity contribution is 5.89. The lowest BCUT2D eigenvalue weighted by Crippen LogP contribution is -2.44. The summed E-state index contributed by atoms with van der Waals surface area (Å²) in [4.78, 5) is 25.7. The van der Waals surface area contributed by atoms with Gasteiger partial charge in [-0.05, 0) is 97.6 Å². The van der Waals surface area contributed by atoms with Gasteiger partial charge in [0.2, 0.25) is 0 Å². The zero-order valence-electron chi connectivity index (χ0n) is 23.7. The molecule has 0 saturated heterocycles. The monoisotopic (exact) mass is 534 g/mol. The van der Waals surface area contributed by atoms with Crippen molar-refractivity contribution >= 4 is 17.5 Å². The molecule has 2 amide bonds. The molecule has 3 unspecified atom stereocenters. The number of carbonyl (C=O) groups is 2. The first-order valence-electron chi connectivity index (χ1n) is 14.3. The van der Waals surface area contributed by atoms with Crippen LogP contribution in [0.5, 0.6) is 17.2 Å². The molecule has 0 heterocycles. The Kier molecular flexibility index (Phi) is 8.06. The molecule has 2 aromatic rings. The first-order valence-corrected chi connectivity index (χ1v) is 14.3. The van der Waals surface area contributed by atoms with Gasteiger partial charge in [0.05, 0.1) is 21.3 Å². The lowest BCUT2D eigenvalue weighted by molar-refractivity contribution is -0.129. The number of ketones is 1. The molecule has 2 fully saturated rings. The zero-order chi connectivity index (χ0) is 27.6. The number of aryl methyl sites for hydroxylation is 1. The normalized spacial score (nSPS) is 27.1. The minimum Gasteiger partial charge on any atom is -0.497 e. The van der Waals surface area contributed by atoms with Crippen molar-refractivity contribution < 1.29 is 23.8 Å². The molecule has 3 aliphatic carbocycles. The summed E-state index contributed by atoms with van der Waals surface area (Å²) in [7, 11) is 4.88. The van der Waals surface area contributed by atoms with Gasteiger partial charge in [0.15, 0.2) is 11.5 Å². The summed E-state index contributed by atoms with van der Waals surface area (Å²) >= 11 is 0. The lowest BCUT2D eigenvalue weighted by Gasteiger charge is -2.50. The molecule has 0 spiro atoms. The minimum atomic E-state index is -0.238. The fourth-order valence-electron chi connectivity index (χ4n) is 7.83. The number of unbranched alkanes of at least 4 members (excludes halogenated alkanes) is 1. The third-order valence-corrected chi connectivity index (χ3v) is 9.71. The van der Waals surface area contributed by atoms with Crippen molar-refractivity contribution in [3.05, 3.63) is 47.5 Å². The smallest absolute Gasteiger partial charge is 0.319 e. The Morgan fingerprint density at radius 3 is 2.59 bits per heavy atom. The van der Waals surface area contributed by atoms with Crippen LogP contribution in [0.4, 0.5) is 10.5 Å². The molecule has 2 aromatic carbocycles. The quantitative estimate of drug-likeness (QED) is 0.366. The summed E-state index contributed by atoms with van der Waals surface area (Å²) in [5, 5.41) is 5.82. The average Bonchev–Trinajstić information content (AvgIpc) is 3.21. The number of carbonyl (C=O) groups excluding carboxylic acids is 2. The fraction of sp³-hybridized carbons (Fsp3) is 0.562. The van der Waals surface area contributed by atoms with E-state index in [-0.39, 0.29) is 11.4 Å². The van der Waals surface area contributed by atoms with Crippen LogP contribution in [0.25, 0.3) is 0 Å². The third-order valence-electron chi connectivity index (χ3n) is 9.71. The summed E-state index contributed by atoms with van der Waals surface area (Å²) in [5.74, 6) is 4.62. The van der Waals surface area contributed by atoms with E-state index in [9.17, 15) is 9.59 Å². The SMILES string of the molecule is COc1ccc2c(c1)CCC1C2CC[C@]2(C)C(=O)C[C@@H](CCCCNC(=O)Nc3ccc(OC)c(OC)c3)C12. The Labute approximate surface area is 232 Å². The van der Waals surface area contributed by atoms with Gasteiger partial charge in [-0.3, -0.25) is 4.79 Å². The van der Waals surface area contributed by atoms with Gasteiger partial charge in [0.25, 0.3) is 0 Å². The highest BCUT2D eigenvalue weighted by atomic mass is 16.5. The molecular weight excluding hydrogens is 492 g/mol. The Bertz CT molecular complexity index is 1210. The molecule has 5 rings (SSSR count). The van der Waals surface area contributed by atoms with Crippen molar-refractivity contribution in [2.24, 2.45) is 23.2 Å². The predicted molar refractivity (Wildman–Crippen MR) is 152 cm³/mol. The van der Waals surface area contributed by atoms with E-state index >= 15 is 0 Å². The van der Waals surface area contributed by atoms with E-state index in [0.29, 0.717) is 59.6 Å². The number of hydrogen-bond donors (Lipinski definition) is 2. The zero-order valence-corrected chi connectivity index (χ0v) is 23.7. The van der Waals surface area contributed by atoms with E-state index in [1.807, 2.05) is 0 Å². The van der Waals surface area contributed by atoms with Gasteiger partial charge in [0, 0.05) is 30.1 Å². The van der Waals surface area contributed by atoms with E-state index in [2.05, 4.69) is 35.8 Å². The van der Waals surface area contributed by atoms with E-state index in [0.717, 1.165) is 50.7 Å². The van der Waals surface area contributed by atoms with Gasteiger partial charge in [-0.2, -0.15) is 0 Å². The number of nitrogens with one attached hydrogen (secondary N) is 2. The summed E-state index contributed by atoms with van der Waals surface area (Å²) in [6.45, 7) is 2.85. The second kappa shape index (κ2) is 11.5. The Morgan fingerprint density at radius 2 is 1.82 bits per heavy atom. The standard InChI is InChI=1S/C32H42N2O5/c1-32-15-14-25-24-12-10-23(37-2)17-20(24)8-11-26(25)30(32)21(18-29(32)35)7-5-6-16-33-31(36)34-22-9-13-27(38-3)28(19-22)39-4/h9-10,12-13,17,19,21,25-26,30H,5-8,11,14-16,18H2,1-4H3,(H2,33,34,36)/t21-,25?,26?,30?,32-/m1/s1. The van der Waals surface area contributed by atoms with Crippen molar-refractivity contribution in [2.75, 3.05) is 33.2 Å². The molecule has 2 N–H and O–H groups in total. The summed E-state index contributed by atoms with van der Waals surface area (Å²) in [5.41, 5.74) is 3.38. The molecule has 39 heavy (non-hydrogen) atoms. The third kappa shape index (κ3) is 5.32. The Hall–Kier alpha value is -3.22. The predicted octanol–water partition coefficient (Wildman–Crippen LogP) is 6.36.